The highest BCUT2D eigenvalue weighted by atomic mass is 35.5. The number of anilines is 1. The van der Waals surface area contributed by atoms with Gasteiger partial charge in [-0.25, -0.2) is 9.48 Å². The SMILES string of the molecule is O=C(CCn1nc(-c2cccs2)oc1=O)Nc1ccnn1Cc1ccc(Cl)cc1. The summed E-state index contributed by atoms with van der Waals surface area (Å²) >= 11 is 7.33. The number of nitrogens with one attached hydrogen (secondary N) is 1. The molecule has 0 unspecified atom stereocenters. The number of amides is 1. The van der Waals surface area contributed by atoms with Crippen molar-refractivity contribution in [3.05, 3.63) is 75.2 Å². The molecule has 3 aromatic heterocycles. The van der Waals surface area contributed by atoms with Crippen LogP contribution < -0.4 is 11.1 Å². The Morgan fingerprint density at radius 1 is 1.17 bits per heavy atom. The number of carbonyl (C=O) groups is 1. The average Bonchev–Trinajstić information content (AvgIpc) is 3.44. The Labute approximate surface area is 174 Å². The highest BCUT2D eigenvalue weighted by molar-refractivity contribution is 7.13. The first-order chi connectivity index (χ1) is 14.1. The van der Waals surface area contributed by atoms with Crippen molar-refractivity contribution >= 4 is 34.7 Å². The minimum absolute atomic E-state index is 0.0719. The Balaban J connectivity index is 1.37. The highest BCUT2D eigenvalue weighted by Gasteiger charge is 2.13. The lowest BCUT2D eigenvalue weighted by atomic mass is 10.2. The van der Waals surface area contributed by atoms with E-state index in [0.717, 1.165) is 15.1 Å². The Hall–Kier alpha value is -3.17. The zero-order valence-electron chi connectivity index (χ0n) is 15.1. The molecule has 0 saturated heterocycles. The molecule has 8 nitrogen and oxygen atoms in total. The van der Waals surface area contributed by atoms with Gasteiger partial charge in [-0.3, -0.25) is 4.79 Å². The minimum atomic E-state index is -0.589. The average molecular weight is 430 g/mol. The normalized spacial score (nSPS) is 10.9. The maximum Gasteiger partial charge on any atom is 0.437 e. The van der Waals surface area contributed by atoms with Gasteiger partial charge in [-0.1, -0.05) is 29.8 Å². The standard InChI is InChI=1S/C19H16ClN5O3S/c20-14-5-3-13(4-6-14)12-25-16(7-9-21-25)22-17(26)8-10-24-19(27)28-18(23-24)15-2-1-11-29-15/h1-7,9,11H,8,10,12H2,(H,22,26). The lowest BCUT2D eigenvalue weighted by Gasteiger charge is -2.09. The predicted octanol–water partition coefficient (Wildman–Crippen LogP) is 3.49. The summed E-state index contributed by atoms with van der Waals surface area (Å²) in [6, 6.07) is 12.8. The second kappa shape index (κ2) is 8.46. The van der Waals surface area contributed by atoms with E-state index >= 15 is 0 Å². The first-order valence-corrected chi connectivity index (χ1v) is 10.0. The molecule has 0 saturated carbocycles. The van der Waals surface area contributed by atoms with Gasteiger partial charge in [0.15, 0.2) is 0 Å². The van der Waals surface area contributed by atoms with Gasteiger partial charge in [0, 0.05) is 17.5 Å². The summed E-state index contributed by atoms with van der Waals surface area (Å²) in [5.41, 5.74) is 1.00. The lowest BCUT2D eigenvalue weighted by Crippen LogP contribution is -2.22. The number of aromatic nitrogens is 4. The molecule has 0 spiro atoms. The Bertz CT molecular complexity index is 1160. The van der Waals surface area contributed by atoms with Gasteiger partial charge in [-0.2, -0.15) is 9.78 Å². The van der Waals surface area contributed by atoms with E-state index in [9.17, 15) is 9.59 Å². The van der Waals surface area contributed by atoms with Crippen molar-refractivity contribution in [2.24, 2.45) is 0 Å². The summed E-state index contributed by atoms with van der Waals surface area (Å²) in [4.78, 5) is 25.0. The molecule has 0 atom stereocenters. The molecule has 0 aliphatic heterocycles. The van der Waals surface area contributed by atoms with E-state index in [-0.39, 0.29) is 24.8 Å². The quantitative estimate of drug-likeness (QED) is 0.485. The Kier molecular flexibility index (Phi) is 5.59. The minimum Gasteiger partial charge on any atom is -0.387 e. The molecule has 0 aliphatic carbocycles. The third-order valence-electron chi connectivity index (χ3n) is 4.12. The fraction of sp³-hybridized carbons (Fsp3) is 0.158. The first kappa shape index (κ1) is 19.2. The van der Waals surface area contributed by atoms with E-state index in [0.29, 0.717) is 17.4 Å². The molecule has 0 radical (unpaired) electrons. The molecule has 1 amide bonds. The number of halogens is 1. The fourth-order valence-corrected chi connectivity index (χ4v) is 3.46. The van der Waals surface area contributed by atoms with Crippen molar-refractivity contribution in [3.8, 4) is 10.8 Å². The topological polar surface area (TPSA) is 94.9 Å². The van der Waals surface area contributed by atoms with Crippen molar-refractivity contribution in [3.63, 3.8) is 0 Å². The molecule has 0 bridgehead atoms. The molecule has 0 aliphatic rings. The van der Waals surface area contributed by atoms with Crippen LogP contribution >= 0.6 is 22.9 Å². The maximum atomic E-state index is 12.3. The number of carbonyl (C=O) groups excluding carboxylic acids is 1. The molecule has 4 rings (SSSR count). The third kappa shape index (κ3) is 4.64. The van der Waals surface area contributed by atoms with Gasteiger partial charge in [0.05, 0.1) is 24.2 Å². The fourth-order valence-electron chi connectivity index (χ4n) is 2.69. The van der Waals surface area contributed by atoms with Crippen molar-refractivity contribution in [2.45, 2.75) is 19.5 Å². The summed E-state index contributed by atoms with van der Waals surface area (Å²) in [5.74, 6) is -0.0208. The Morgan fingerprint density at radius 3 is 2.76 bits per heavy atom. The van der Waals surface area contributed by atoms with E-state index in [1.54, 1.807) is 29.1 Å². The maximum absolute atomic E-state index is 12.3. The summed E-state index contributed by atoms with van der Waals surface area (Å²) < 4.78 is 7.97. The lowest BCUT2D eigenvalue weighted by molar-refractivity contribution is -0.116. The molecular formula is C19H16ClN5O3S. The third-order valence-corrected chi connectivity index (χ3v) is 5.23. The van der Waals surface area contributed by atoms with Crippen LogP contribution in [0.1, 0.15) is 12.0 Å². The Morgan fingerprint density at radius 2 is 2.00 bits per heavy atom. The highest BCUT2D eigenvalue weighted by Crippen LogP contribution is 2.21. The van der Waals surface area contributed by atoms with E-state index in [4.69, 9.17) is 16.0 Å². The second-order valence-corrected chi connectivity index (χ2v) is 7.56. The van der Waals surface area contributed by atoms with E-state index in [1.807, 2.05) is 29.6 Å². The number of aryl methyl sites for hydroxylation is 1. The van der Waals surface area contributed by atoms with Gasteiger partial charge in [0.25, 0.3) is 5.89 Å². The molecular weight excluding hydrogens is 414 g/mol. The molecule has 3 heterocycles. The predicted molar refractivity (Wildman–Crippen MR) is 110 cm³/mol. The van der Waals surface area contributed by atoms with Crippen LogP contribution in [-0.4, -0.2) is 25.5 Å². The molecule has 1 N–H and O–H groups in total. The summed E-state index contributed by atoms with van der Waals surface area (Å²) in [6.45, 7) is 0.609. The van der Waals surface area contributed by atoms with Crippen molar-refractivity contribution in [1.82, 2.24) is 19.6 Å². The van der Waals surface area contributed by atoms with Crippen molar-refractivity contribution in [2.75, 3.05) is 5.32 Å². The van der Waals surface area contributed by atoms with Crippen LogP contribution in [-0.2, 0) is 17.9 Å². The molecule has 10 heteroatoms. The van der Waals surface area contributed by atoms with Crippen LogP contribution in [0.5, 0.6) is 0 Å². The van der Waals surface area contributed by atoms with E-state index in [1.165, 1.54) is 11.3 Å². The zero-order valence-corrected chi connectivity index (χ0v) is 16.7. The monoisotopic (exact) mass is 429 g/mol. The van der Waals surface area contributed by atoms with Crippen LogP contribution in [0.4, 0.5) is 5.82 Å². The molecule has 1 aromatic carbocycles. The molecule has 29 heavy (non-hydrogen) atoms. The number of hydrogen-bond acceptors (Lipinski definition) is 6. The van der Waals surface area contributed by atoms with Crippen molar-refractivity contribution in [1.29, 1.82) is 0 Å². The number of hydrogen-bond donors (Lipinski definition) is 1. The first-order valence-electron chi connectivity index (χ1n) is 8.76. The van der Waals surface area contributed by atoms with Gasteiger partial charge < -0.3 is 9.73 Å². The smallest absolute Gasteiger partial charge is 0.387 e. The largest absolute Gasteiger partial charge is 0.437 e. The van der Waals surface area contributed by atoms with Gasteiger partial charge >= 0.3 is 5.76 Å². The van der Waals surface area contributed by atoms with Crippen LogP contribution in [0.15, 0.2) is 63.3 Å². The molecule has 0 fully saturated rings. The summed E-state index contributed by atoms with van der Waals surface area (Å²) in [5, 5.41) is 13.7. The number of thiophene rings is 1. The van der Waals surface area contributed by atoms with Gasteiger partial charge in [-0.05, 0) is 29.1 Å². The number of rotatable bonds is 7. The zero-order chi connectivity index (χ0) is 20.2. The van der Waals surface area contributed by atoms with Gasteiger partial charge in [0.1, 0.15) is 5.82 Å². The second-order valence-electron chi connectivity index (χ2n) is 6.17. The molecule has 4 aromatic rings. The summed E-state index contributed by atoms with van der Waals surface area (Å²) in [7, 11) is 0. The molecule has 148 valence electrons. The van der Waals surface area contributed by atoms with Crippen LogP contribution in [0, 0.1) is 0 Å². The van der Waals surface area contributed by atoms with Gasteiger partial charge in [0.2, 0.25) is 5.91 Å². The number of nitrogens with zero attached hydrogens (tertiary/aromatic N) is 4. The summed E-state index contributed by atoms with van der Waals surface area (Å²) in [6.07, 6.45) is 1.68. The van der Waals surface area contributed by atoms with E-state index in [2.05, 4.69) is 15.5 Å². The van der Waals surface area contributed by atoms with Crippen LogP contribution in [0.3, 0.4) is 0 Å². The van der Waals surface area contributed by atoms with Crippen molar-refractivity contribution < 1.29 is 9.21 Å². The van der Waals surface area contributed by atoms with Crippen LogP contribution in [0.2, 0.25) is 5.02 Å². The van der Waals surface area contributed by atoms with Crippen LogP contribution in [0.25, 0.3) is 10.8 Å². The van der Waals surface area contributed by atoms with E-state index < -0.39 is 5.76 Å². The van der Waals surface area contributed by atoms with Gasteiger partial charge in [-0.15, -0.1) is 16.4 Å². The number of benzene rings is 1.